The van der Waals surface area contributed by atoms with Gasteiger partial charge in [-0.2, -0.15) is 0 Å². The Hall–Kier alpha value is -2.56. The molecule has 5 nitrogen and oxygen atoms in total. The van der Waals surface area contributed by atoms with Crippen LogP contribution in [-0.4, -0.2) is 28.3 Å². The lowest BCUT2D eigenvalue weighted by Crippen LogP contribution is -2.17. The van der Waals surface area contributed by atoms with Crippen molar-refractivity contribution in [2.75, 3.05) is 6.61 Å². The summed E-state index contributed by atoms with van der Waals surface area (Å²) < 4.78 is 5.62. The van der Waals surface area contributed by atoms with E-state index in [2.05, 4.69) is 15.0 Å². The van der Waals surface area contributed by atoms with Gasteiger partial charge in [-0.1, -0.05) is 6.07 Å². The molecule has 0 bridgehead atoms. The van der Waals surface area contributed by atoms with Crippen LogP contribution in [0.4, 0.5) is 5.69 Å². The van der Waals surface area contributed by atoms with Gasteiger partial charge in [-0.25, -0.2) is 4.99 Å². The van der Waals surface area contributed by atoms with Crippen LogP contribution < -0.4 is 0 Å². The minimum atomic E-state index is 0.00959. The van der Waals surface area contributed by atoms with Crippen molar-refractivity contribution < 1.29 is 9.53 Å². The number of hydrogen-bond donors (Lipinski definition) is 0. The molecule has 0 unspecified atom stereocenters. The highest BCUT2D eigenvalue weighted by Gasteiger charge is 2.20. The number of carbonyl (C=O) groups is 1. The predicted octanol–water partition coefficient (Wildman–Crippen LogP) is 2.74. The summed E-state index contributed by atoms with van der Waals surface area (Å²) in [4.78, 5) is 24.3. The van der Waals surface area contributed by atoms with Gasteiger partial charge in [0.15, 0.2) is 11.7 Å². The van der Waals surface area contributed by atoms with Crippen molar-refractivity contribution in [3.63, 3.8) is 0 Å². The number of ether oxygens (including phenoxy) is 1. The molecule has 1 aliphatic heterocycles. The van der Waals surface area contributed by atoms with Gasteiger partial charge in [-0.3, -0.25) is 14.8 Å². The Morgan fingerprint density at radius 2 is 2.05 bits per heavy atom. The van der Waals surface area contributed by atoms with E-state index >= 15 is 0 Å². The maximum atomic E-state index is 11.9. The fraction of sp³-hybridized carbons (Fsp3) is 0.250. The quantitative estimate of drug-likeness (QED) is 0.808. The number of rotatable bonds is 4. The van der Waals surface area contributed by atoms with Gasteiger partial charge in [0.25, 0.3) is 0 Å². The molecule has 1 aliphatic rings. The highest BCUT2D eigenvalue weighted by atomic mass is 16.5. The first kappa shape index (κ1) is 13.4. The number of nitrogens with zero attached hydrogens (tertiary/aromatic N) is 3. The van der Waals surface area contributed by atoms with Crippen molar-refractivity contribution in [3.8, 4) is 0 Å². The van der Waals surface area contributed by atoms with E-state index in [1.165, 1.54) is 5.56 Å². The largest absolute Gasteiger partial charge is 0.480 e. The molecule has 5 heteroatoms. The lowest BCUT2D eigenvalue weighted by atomic mass is 10.1. The van der Waals surface area contributed by atoms with E-state index < -0.39 is 0 Å². The first-order chi connectivity index (χ1) is 10.3. The second-order valence-corrected chi connectivity index (χ2v) is 4.81. The molecule has 0 radical (unpaired) electrons. The third kappa shape index (κ3) is 3.31. The van der Waals surface area contributed by atoms with Crippen LogP contribution in [-0.2, 0) is 11.2 Å². The van der Waals surface area contributed by atoms with Crippen LogP contribution >= 0.6 is 0 Å². The molecule has 0 atom stereocenters. The molecule has 0 spiro atoms. The van der Waals surface area contributed by atoms with Crippen molar-refractivity contribution in [2.45, 2.75) is 19.3 Å². The first-order valence-electron chi connectivity index (χ1n) is 6.89. The highest BCUT2D eigenvalue weighted by Crippen LogP contribution is 2.24. The van der Waals surface area contributed by atoms with Crippen LogP contribution in [0.25, 0.3) is 0 Å². The number of aryl methyl sites for hydroxylation is 1. The number of pyridine rings is 2. The Bertz CT molecular complexity index is 668. The average Bonchev–Trinajstić information content (AvgIpc) is 2.53. The Balaban J connectivity index is 1.55. The zero-order valence-electron chi connectivity index (χ0n) is 11.5. The zero-order chi connectivity index (χ0) is 14.5. The fourth-order valence-electron chi connectivity index (χ4n) is 2.20. The van der Waals surface area contributed by atoms with Crippen LogP contribution in [0.5, 0.6) is 0 Å². The van der Waals surface area contributed by atoms with Gasteiger partial charge >= 0.3 is 0 Å². The third-order valence-corrected chi connectivity index (χ3v) is 3.26. The number of carbonyl (C=O) groups excluding carboxylic acids is 1. The molecule has 21 heavy (non-hydrogen) atoms. The summed E-state index contributed by atoms with van der Waals surface area (Å²) in [5.74, 6) is 0.500. The summed E-state index contributed by atoms with van der Waals surface area (Å²) >= 11 is 0. The summed E-state index contributed by atoms with van der Waals surface area (Å²) in [6.45, 7) is 0.543. The zero-order valence-corrected chi connectivity index (χ0v) is 11.5. The topological polar surface area (TPSA) is 64.4 Å². The Kier molecular flexibility index (Phi) is 4.00. The molecule has 2 aromatic rings. The predicted molar refractivity (Wildman–Crippen MR) is 78.8 cm³/mol. The minimum absolute atomic E-state index is 0.00959. The maximum absolute atomic E-state index is 11.9. The molecule has 2 aromatic heterocycles. The van der Waals surface area contributed by atoms with Crippen molar-refractivity contribution in [3.05, 3.63) is 54.1 Å². The molecular weight excluding hydrogens is 266 g/mol. The number of Topliss-reactive ketones (excluding diaryl/α,β-unsaturated/α-hetero) is 1. The lowest BCUT2D eigenvalue weighted by molar-refractivity contribution is 0.0990. The van der Waals surface area contributed by atoms with Gasteiger partial charge in [-0.05, 0) is 30.5 Å². The summed E-state index contributed by atoms with van der Waals surface area (Å²) in [5.41, 5.74) is 2.39. The van der Waals surface area contributed by atoms with E-state index in [4.69, 9.17) is 4.74 Å². The third-order valence-electron chi connectivity index (χ3n) is 3.26. The maximum Gasteiger partial charge on any atom is 0.196 e. The monoisotopic (exact) mass is 281 g/mol. The molecule has 0 N–H and O–H groups in total. The first-order valence-corrected chi connectivity index (χ1v) is 6.89. The van der Waals surface area contributed by atoms with Crippen molar-refractivity contribution in [1.29, 1.82) is 0 Å². The molecule has 0 fully saturated rings. The SMILES string of the molecule is O=C1CC(OCCCc2cccnc2)=Nc2ccncc21. The van der Waals surface area contributed by atoms with Crippen molar-refractivity contribution in [2.24, 2.45) is 4.99 Å². The summed E-state index contributed by atoms with van der Waals surface area (Å²) in [6, 6.07) is 5.69. The van der Waals surface area contributed by atoms with E-state index in [9.17, 15) is 4.79 Å². The average molecular weight is 281 g/mol. The van der Waals surface area contributed by atoms with Gasteiger partial charge < -0.3 is 4.74 Å². The van der Waals surface area contributed by atoms with E-state index in [1.807, 2.05) is 18.3 Å². The number of aliphatic imine (C=N–C) groups is 1. The van der Waals surface area contributed by atoms with Gasteiger partial charge in [-0.15, -0.1) is 0 Å². The van der Waals surface area contributed by atoms with E-state index in [0.29, 0.717) is 23.8 Å². The van der Waals surface area contributed by atoms with Gasteiger partial charge in [0, 0.05) is 24.8 Å². The molecular formula is C16H15N3O2. The van der Waals surface area contributed by atoms with Crippen LogP contribution in [0.1, 0.15) is 28.8 Å². The minimum Gasteiger partial charge on any atom is -0.480 e. The van der Waals surface area contributed by atoms with Gasteiger partial charge in [0.05, 0.1) is 24.3 Å². The van der Waals surface area contributed by atoms with Crippen LogP contribution in [0, 0.1) is 0 Å². The lowest BCUT2D eigenvalue weighted by Gasteiger charge is -2.14. The molecule has 0 aromatic carbocycles. The Morgan fingerprint density at radius 3 is 2.90 bits per heavy atom. The van der Waals surface area contributed by atoms with E-state index in [0.717, 1.165) is 12.8 Å². The second kappa shape index (κ2) is 6.26. The number of aromatic nitrogens is 2. The summed E-state index contributed by atoms with van der Waals surface area (Å²) in [6.07, 6.45) is 8.77. The summed E-state index contributed by atoms with van der Waals surface area (Å²) in [5, 5.41) is 0. The smallest absolute Gasteiger partial charge is 0.196 e. The highest BCUT2D eigenvalue weighted by molar-refractivity contribution is 6.13. The van der Waals surface area contributed by atoms with Crippen LogP contribution in [0.2, 0.25) is 0 Å². The van der Waals surface area contributed by atoms with E-state index in [-0.39, 0.29) is 12.2 Å². The second-order valence-electron chi connectivity index (χ2n) is 4.81. The molecule has 0 saturated carbocycles. The van der Waals surface area contributed by atoms with Crippen LogP contribution in [0.15, 0.2) is 48.0 Å². The fourth-order valence-corrected chi connectivity index (χ4v) is 2.20. The molecule has 3 rings (SSSR count). The molecule has 3 heterocycles. The standard InChI is InChI=1S/C16H15N3O2/c20-15-9-16(19-14-5-7-18-11-13(14)15)21-8-2-4-12-3-1-6-17-10-12/h1,3,5-7,10-11H,2,4,8-9H2. The van der Waals surface area contributed by atoms with Crippen LogP contribution in [0.3, 0.4) is 0 Å². The molecule has 0 saturated heterocycles. The number of ketones is 1. The molecule has 106 valence electrons. The Labute approximate surface area is 122 Å². The van der Waals surface area contributed by atoms with Crippen molar-refractivity contribution in [1.82, 2.24) is 9.97 Å². The van der Waals surface area contributed by atoms with E-state index in [1.54, 1.807) is 24.7 Å². The molecule has 0 aliphatic carbocycles. The molecule has 0 amide bonds. The van der Waals surface area contributed by atoms with Gasteiger partial charge in [0.2, 0.25) is 0 Å². The van der Waals surface area contributed by atoms with Gasteiger partial charge in [0.1, 0.15) is 0 Å². The number of hydrogen-bond acceptors (Lipinski definition) is 5. The normalized spacial score (nSPS) is 13.5. The summed E-state index contributed by atoms with van der Waals surface area (Å²) in [7, 11) is 0. The Morgan fingerprint density at radius 1 is 1.14 bits per heavy atom. The number of fused-ring (bicyclic) bond motifs is 1. The van der Waals surface area contributed by atoms with Crippen molar-refractivity contribution >= 4 is 17.4 Å².